The van der Waals surface area contributed by atoms with E-state index in [9.17, 15) is 4.79 Å². The third kappa shape index (κ3) is 3.84. The maximum Gasteiger partial charge on any atom is 0.287 e. The minimum absolute atomic E-state index is 0.0360. The molecule has 0 aliphatic carbocycles. The zero-order chi connectivity index (χ0) is 19.5. The van der Waals surface area contributed by atoms with E-state index in [2.05, 4.69) is 27.3 Å². The first-order valence-corrected chi connectivity index (χ1v) is 9.59. The number of amides is 1. The summed E-state index contributed by atoms with van der Waals surface area (Å²) >= 11 is 0. The van der Waals surface area contributed by atoms with Crippen LogP contribution in [-0.4, -0.2) is 40.1 Å². The lowest BCUT2D eigenvalue weighted by atomic mass is 10.0. The Morgan fingerprint density at radius 2 is 1.93 bits per heavy atom. The van der Waals surface area contributed by atoms with E-state index in [0.29, 0.717) is 17.5 Å². The Labute approximate surface area is 163 Å². The molecule has 1 aromatic carbocycles. The number of hydrogen-bond acceptors (Lipinski definition) is 6. The van der Waals surface area contributed by atoms with Crippen LogP contribution in [0.5, 0.6) is 0 Å². The van der Waals surface area contributed by atoms with Gasteiger partial charge < -0.3 is 14.2 Å². The maximum absolute atomic E-state index is 12.3. The van der Waals surface area contributed by atoms with Gasteiger partial charge in [-0.3, -0.25) is 9.69 Å². The molecule has 1 atom stereocenters. The Balaban J connectivity index is 1.33. The third-order valence-electron chi connectivity index (χ3n) is 5.30. The van der Waals surface area contributed by atoms with E-state index in [4.69, 9.17) is 8.83 Å². The molecule has 3 aromatic rings. The molecule has 3 heterocycles. The summed E-state index contributed by atoms with van der Waals surface area (Å²) in [5.74, 6) is 1.42. The lowest BCUT2D eigenvalue weighted by molar-refractivity contribution is 0.0858. The second kappa shape index (κ2) is 7.98. The molecule has 0 spiro atoms. The molecule has 7 nitrogen and oxygen atoms in total. The van der Waals surface area contributed by atoms with Gasteiger partial charge in [-0.25, -0.2) is 0 Å². The van der Waals surface area contributed by atoms with Crippen LogP contribution >= 0.6 is 0 Å². The SMILES string of the molecule is Cc1ccoc1C(=O)NC1CCN(C(C)c2nnc(-c3ccccc3)o2)CC1. The summed E-state index contributed by atoms with van der Waals surface area (Å²) in [6, 6.07) is 11.7. The van der Waals surface area contributed by atoms with Gasteiger partial charge in [0, 0.05) is 30.3 Å². The highest BCUT2D eigenvalue weighted by Gasteiger charge is 2.28. The molecule has 1 aliphatic heterocycles. The number of carbonyl (C=O) groups is 1. The molecule has 2 aromatic heterocycles. The molecular weight excluding hydrogens is 356 g/mol. The Morgan fingerprint density at radius 3 is 2.61 bits per heavy atom. The van der Waals surface area contributed by atoms with Crippen LogP contribution in [0.25, 0.3) is 11.5 Å². The minimum atomic E-state index is -0.140. The van der Waals surface area contributed by atoms with Gasteiger partial charge in [0.15, 0.2) is 5.76 Å². The number of piperidine rings is 1. The van der Waals surface area contributed by atoms with Crippen molar-refractivity contribution in [2.24, 2.45) is 0 Å². The number of carbonyl (C=O) groups excluding carboxylic acids is 1. The molecule has 0 bridgehead atoms. The predicted molar refractivity (Wildman–Crippen MR) is 104 cm³/mol. The van der Waals surface area contributed by atoms with Crippen molar-refractivity contribution in [3.63, 3.8) is 0 Å². The number of benzene rings is 1. The second-order valence-corrected chi connectivity index (χ2v) is 7.20. The molecule has 28 heavy (non-hydrogen) atoms. The molecule has 1 saturated heterocycles. The summed E-state index contributed by atoms with van der Waals surface area (Å²) in [6.45, 7) is 5.66. The largest absolute Gasteiger partial charge is 0.459 e. The van der Waals surface area contributed by atoms with Crippen LogP contribution in [0.4, 0.5) is 0 Å². The predicted octanol–water partition coefficient (Wildman–Crippen LogP) is 3.59. The molecule has 0 saturated carbocycles. The Bertz CT molecular complexity index is 926. The number of nitrogens with zero attached hydrogens (tertiary/aromatic N) is 3. The van der Waals surface area contributed by atoms with Crippen molar-refractivity contribution >= 4 is 5.91 Å². The van der Waals surface area contributed by atoms with E-state index in [-0.39, 0.29) is 18.0 Å². The molecule has 0 radical (unpaired) electrons. The second-order valence-electron chi connectivity index (χ2n) is 7.20. The van der Waals surface area contributed by atoms with Crippen molar-refractivity contribution in [2.75, 3.05) is 13.1 Å². The summed E-state index contributed by atoms with van der Waals surface area (Å²) in [4.78, 5) is 14.6. The first-order chi connectivity index (χ1) is 13.6. The van der Waals surface area contributed by atoms with E-state index < -0.39 is 0 Å². The van der Waals surface area contributed by atoms with Gasteiger partial charge in [0.2, 0.25) is 11.8 Å². The van der Waals surface area contributed by atoms with Crippen molar-refractivity contribution in [3.05, 3.63) is 59.9 Å². The zero-order valence-electron chi connectivity index (χ0n) is 16.1. The van der Waals surface area contributed by atoms with E-state index >= 15 is 0 Å². The summed E-state index contributed by atoms with van der Waals surface area (Å²) in [5, 5.41) is 11.5. The highest BCUT2D eigenvalue weighted by molar-refractivity contribution is 5.92. The highest BCUT2D eigenvalue weighted by Crippen LogP contribution is 2.26. The van der Waals surface area contributed by atoms with Crippen LogP contribution in [0.2, 0.25) is 0 Å². The molecule has 1 N–H and O–H groups in total. The topological polar surface area (TPSA) is 84.4 Å². The average molecular weight is 380 g/mol. The van der Waals surface area contributed by atoms with E-state index in [1.165, 1.54) is 0 Å². The molecule has 1 amide bonds. The van der Waals surface area contributed by atoms with Gasteiger partial charge in [0.1, 0.15) is 0 Å². The highest BCUT2D eigenvalue weighted by atomic mass is 16.4. The van der Waals surface area contributed by atoms with Crippen LogP contribution in [-0.2, 0) is 0 Å². The Morgan fingerprint density at radius 1 is 1.18 bits per heavy atom. The average Bonchev–Trinajstić information content (AvgIpc) is 3.38. The molecule has 7 heteroatoms. The van der Waals surface area contributed by atoms with Gasteiger partial charge in [-0.15, -0.1) is 10.2 Å². The number of rotatable bonds is 5. The number of nitrogens with one attached hydrogen (secondary N) is 1. The third-order valence-corrected chi connectivity index (χ3v) is 5.30. The first-order valence-electron chi connectivity index (χ1n) is 9.59. The quantitative estimate of drug-likeness (QED) is 0.728. The minimum Gasteiger partial charge on any atom is -0.459 e. The molecular formula is C21H24N4O3. The number of aromatic nitrogens is 2. The van der Waals surface area contributed by atoms with Gasteiger partial charge in [-0.05, 0) is 44.9 Å². The molecule has 1 unspecified atom stereocenters. The summed E-state index contributed by atoms with van der Waals surface area (Å²) in [7, 11) is 0. The van der Waals surface area contributed by atoms with Gasteiger partial charge in [0.25, 0.3) is 5.91 Å². The summed E-state index contributed by atoms with van der Waals surface area (Å²) < 4.78 is 11.2. The van der Waals surface area contributed by atoms with Crippen LogP contribution in [0.15, 0.2) is 51.5 Å². The monoisotopic (exact) mass is 380 g/mol. The van der Waals surface area contributed by atoms with Crippen LogP contribution in [0, 0.1) is 6.92 Å². The molecule has 146 valence electrons. The van der Waals surface area contributed by atoms with Crippen molar-refractivity contribution in [3.8, 4) is 11.5 Å². The van der Waals surface area contributed by atoms with Crippen LogP contribution in [0.3, 0.4) is 0 Å². The van der Waals surface area contributed by atoms with E-state index in [1.807, 2.05) is 37.3 Å². The van der Waals surface area contributed by atoms with Crippen LogP contribution in [0.1, 0.15) is 47.8 Å². The fraction of sp³-hybridized carbons (Fsp3) is 0.381. The smallest absolute Gasteiger partial charge is 0.287 e. The van der Waals surface area contributed by atoms with Gasteiger partial charge >= 0.3 is 0 Å². The van der Waals surface area contributed by atoms with Gasteiger partial charge in [0.05, 0.1) is 12.3 Å². The lowest BCUT2D eigenvalue weighted by Crippen LogP contribution is -2.45. The van der Waals surface area contributed by atoms with Crippen molar-refractivity contribution < 1.29 is 13.6 Å². The first kappa shape index (κ1) is 18.4. The van der Waals surface area contributed by atoms with Crippen molar-refractivity contribution in [1.29, 1.82) is 0 Å². The molecule has 1 aliphatic rings. The molecule has 4 rings (SSSR count). The normalized spacial score (nSPS) is 16.8. The number of furan rings is 1. The Hall–Kier alpha value is -2.93. The fourth-order valence-electron chi connectivity index (χ4n) is 3.54. The van der Waals surface area contributed by atoms with Crippen molar-refractivity contribution in [1.82, 2.24) is 20.4 Å². The van der Waals surface area contributed by atoms with Crippen LogP contribution < -0.4 is 5.32 Å². The van der Waals surface area contributed by atoms with E-state index in [1.54, 1.807) is 12.3 Å². The standard InChI is InChI=1S/C21H24N4O3/c1-14-10-13-27-18(14)19(26)22-17-8-11-25(12-9-17)15(2)20-23-24-21(28-20)16-6-4-3-5-7-16/h3-7,10,13,15,17H,8-9,11-12H2,1-2H3,(H,22,26). The number of likely N-dealkylation sites (tertiary alicyclic amines) is 1. The summed E-state index contributed by atoms with van der Waals surface area (Å²) in [5.41, 5.74) is 1.78. The summed E-state index contributed by atoms with van der Waals surface area (Å²) in [6.07, 6.45) is 3.29. The number of hydrogen-bond donors (Lipinski definition) is 1. The molecule has 1 fully saturated rings. The van der Waals surface area contributed by atoms with E-state index in [0.717, 1.165) is 37.1 Å². The van der Waals surface area contributed by atoms with Gasteiger partial charge in [-0.2, -0.15) is 0 Å². The Kier molecular flexibility index (Phi) is 5.25. The maximum atomic E-state index is 12.3. The lowest BCUT2D eigenvalue weighted by Gasteiger charge is -2.34. The zero-order valence-corrected chi connectivity index (χ0v) is 16.1. The van der Waals surface area contributed by atoms with Gasteiger partial charge in [-0.1, -0.05) is 18.2 Å². The van der Waals surface area contributed by atoms with Crippen molar-refractivity contribution in [2.45, 2.75) is 38.8 Å². The fourth-order valence-corrected chi connectivity index (χ4v) is 3.54. The number of aryl methyl sites for hydroxylation is 1.